The molecule has 1 saturated heterocycles. The molecule has 2 unspecified atom stereocenters. The van der Waals surface area contributed by atoms with E-state index in [1.54, 1.807) is 12.1 Å². The molecular formula is C30H32N2O6S. The first-order chi connectivity index (χ1) is 18.9. The number of nitrogens with two attached hydrogens (primary N) is 1. The SMILES string of the molecule is Cc1ccc(S(=O)(=O)OCC(COc2ccc3nc(-c4ccc(N)cc4)ccc3c2)OC2CCCCO2)cc1. The number of rotatable bonds is 10. The van der Waals surface area contributed by atoms with Gasteiger partial charge in [-0.15, -0.1) is 0 Å². The molecular weight excluding hydrogens is 516 g/mol. The Bertz CT molecular complexity index is 1500. The van der Waals surface area contributed by atoms with Crippen LogP contribution in [0.1, 0.15) is 24.8 Å². The standard InChI is InChI=1S/C30H32N2O6S/c1-21-5-13-27(14-6-21)39(33,34)37-20-26(38-30-4-2-3-17-35-30)19-36-25-12-16-29-23(18-25)9-15-28(32-29)22-7-10-24(31)11-8-22/h5-16,18,26,30H,2-4,17,19-20,31H2,1H3. The number of nitrogens with zero attached hydrogens (tertiary/aromatic N) is 1. The van der Waals surface area contributed by atoms with Gasteiger partial charge in [-0.2, -0.15) is 8.42 Å². The second-order valence-electron chi connectivity index (χ2n) is 9.59. The van der Waals surface area contributed by atoms with Crippen LogP contribution in [0.2, 0.25) is 0 Å². The lowest BCUT2D eigenvalue weighted by Crippen LogP contribution is -2.35. The van der Waals surface area contributed by atoms with Gasteiger partial charge in [-0.1, -0.05) is 35.9 Å². The zero-order valence-corrected chi connectivity index (χ0v) is 22.6. The first kappa shape index (κ1) is 27.1. The molecule has 204 valence electrons. The minimum absolute atomic E-state index is 0.0890. The Kier molecular flexibility index (Phi) is 8.42. The summed E-state index contributed by atoms with van der Waals surface area (Å²) in [4.78, 5) is 4.85. The molecule has 0 aliphatic carbocycles. The van der Waals surface area contributed by atoms with E-state index in [0.717, 1.165) is 47.0 Å². The Hall–Kier alpha value is -3.50. The number of hydrogen-bond donors (Lipinski definition) is 1. The number of fused-ring (bicyclic) bond motifs is 1. The molecule has 1 aromatic heterocycles. The van der Waals surface area contributed by atoms with Crippen LogP contribution in [0.5, 0.6) is 5.75 Å². The quantitative estimate of drug-likeness (QED) is 0.205. The van der Waals surface area contributed by atoms with Crippen molar-refractivity contribution in [3.05, 3.63) is 84.4 Å². The highest BCUT2D eigenvalue weighted by atomic mass is 32.2. The van der Waals surface area contributed by atoms with E-state index in [1.165, 1.54) is 12.1 Å². The van der Waals surface area contributed by atoms with Crippen LogP contribution in [0.15, 0.2) is 83.8 Å². The molecule has 39 heavy (non-hydrogen) atoms. The normalized spacial score (nSPS) is 16.7. The minimum atomic E-state index is -3.95. The van der Waals surface area contributed by atoms with Crippen LogP contribution in [-0.4, -0.2) is 45.6 Å². The number of anilines is 1. The van der Waals surface area contributed by atoms with Crippen LogP contribution in [0.25, 0.3) is 22.2 Å². The van der Waals surface area contributed by atoms with Crippen molar-refractivity contribution in [2.75, 3.05) is 25.6 Å². The average Bonchev–Trinajstić information content (AvgIpc) is 2.95. The van der Waals surface area contributed by atoms with Crippen LogP contribution < -0.4 is 10.5 Å². The van der Waals surface area contributed by atoms with Crippen molar-refractivity contribution in [1.82, 2.24) is 4.98 Å². The van der Waals surface area contributed by atoms with E-state index < -0.39 is 22.5 Å². The van der Waals surface area contributed by atoms with Crippen molar-refractivity contribution in [2.24, 2.45) is 0 Å². The Morgan fingerprint density at radius 2 is 1.77 bits per heavy atom. The molecule has 2 heterocycles. The molecule has 8 nitrogen and oxygen atoms in total. The van der Waals surface area contributed by atoms with Crippen molar-refractivity contribution in [3.63, 3.8) is 0 Å². The first-order valence-electron chi connectivity index (χ1n) is 13.0. The largest absolute Gasteiger partial charge is 0.491 e. The summed E-state index contributed by atoms with van der Waals surface area (Å²) in [6, 6.07) is 23.7. The average molecular weight is 549 g/mol. The predicted molar refractivity (Wildman–Crippen MR) is 150 cm³/mol. The van der Waals surface area contributed by atoms with E-state index in [4.69, 9.17) is 29.1 Å². The van der Waals surface area contributed by atoms with Crippen molar-refractivity contribution in [2.45, 2.75) is 43.5 Å². The fourth-order valence-corrected chi connectivity index (χ4v) is 5.23. The smallest absolute Gasteiger partial charge is 0.297 e. The summed E-state index contributed by atoms with van der Waals surface area (Å²) in [5.74, 6) is 0.615. The first-order valence-corrected chi connectivity index (χ1v) is 14.4. The summed E-state index contributed by atoms with van der Waals surface area (Å²) in [5, 5.41) is 0.915. The molecule has 4 aromatic rings. The van der Waals surface area contributed by atoms with Gasteiger partial charge in [0.15, 0.2) is 6.29 Å². The molecule has 0 saturated carbocycles. The highest BCUT2D eigenvalue weighted by molar-refractivity contribution is 7.86. The van der Waals surface area contributed by atoms with Crippen LogP contribution in [0.3, 0.4) is 0 Å². The second kappa shape index (κ2) is 12.1. The van der Waals surface area contributed by atoms with Crippen LogP contribution in [0, 0.1) is 6.92 Å². The molecule has 2 N–H and O–H groups in total. The summed E-state index contributed by atoms with van der Waals surface area (Å²) in [5.41, 5.74) is 10.1. The minimum Gasteiger partial charge on any atom is -0.491 e. The topological polar surface area (TPSA) is 110 Å². The molecule has 3 aromatic carbocycles. The molecule has 0 radical (unpaired) electrons. The van der Waals surface area contributed by atoms with Gasteiger partial charge in [0.2, 0.25) is 0 Å². The third-order valence-corrected chi connectivity index (χ3v) is 7.80. The van der Waals surface area contributed by atoms with E-state index >= 15 is 0 Å². The fraction of sp³-hybridized carbons (Fsp3) is 0.300. The van der Waals surface area contributed by atoms with Crippen molar-refractivity contribution in [3.8, 4) is 17.0 Å². The molecule has 9 heteroatoms. The van der Waals surface area contributed by atoms with Crippen LogP contribution in [-0.2, 0) is 23.8 Å². The Morgan fingerprint density at radius 1 is 0.974 bits per heavy atom. The van der Waals surface area contributed by atoms with E-state index in [1.807, 2.05) is 61.5 Å². The lowest BCUT2D eigenvalue weighted by molar-refractivity contribution is -0.198. The van der Waals surface area contributed by atoms with Crippen molar-refractivity contribution in [1.29, 1.82) is 0 Å². The van der Waals surface area contributed by atoms with Gasteiger partial charge in [0, 0.05) is 23.2 Å². The van der Waals surface area contributed by atoms with Gasteiger partial charge in [0.25, 0.3) is 10.1 Å². The second-order valence-corrected chi connectivity index (χ2v) is 11.2. The monoisotopic (exact) mass is 548 g/mol. The number of aromatic nitrogens is 1. The van der Waals surface area contributed by atoms with E-state index in [2.05, 4.69) is 0 Å². The maximum atomic E-state index is 12.7. The summed E-state index contributed by atoms with van der Waals surface area (Å²) >= 11 is 0. The number of pyridine rings is 1. The predicted octanol–water partition coefficient (Wildman–Crippen LogP) is 5.49. The van der Waals surface area contributed by atoms with E-state index in [9.17, 15) is 8.42 Å². The molecule has 0 bridgehead atoms. The third kappa shape index (κ3) is 7.13. The Balaban J connectivity index is 1.27. The van der Waals surface area contributed by atoms with Gasteiger partial charge in [0.05, 0.1) is 22.7 Å². The van der Waals surface area contributed by atoms with Crippen molar-refractivity contribution >= 4 is 26.7 Å². The zero-order valence-electron chi connectivity index (χ0n) is 21.8. The van der Waals surface area contributed by atoms with Gasteiger partial charge < -0.3 is 19.9 Å². The van der Waals surface area contributed by atoms with Gasteiger partial charge in [0.1, 0.15) is 18.5 Å². The number of ether oxygens (including phenoxy) is 3. The molecule has 0 amide bonds. The molecule has 1 aliphatic heterocycles. The highest BCUT2D eigenvalue weighted by Gasteiger charge is 2.24. The summed E-state index contributed by atoms with van der Waals surface area (Å²) in [7, 11) is -3.95. The maximum Gasteiger partial charge on any atom is 0.297 e. The lowest BCUT2D eigenvalue weighted by atomic mass is 10.1. The molecule has 1 fully saturated rings. The fourth-order valence-electron chi connectivity index (χ4n) is 4.30. The zero-order chi connectivity index (χ0) is 27.2. The van der Waals surface area contributed by atoms with Crippen molar-refractivity contribution < 1.29 is 26.8 Å². The Morgan fingerprint density at radius 3 is 2.51 bits per heavy atom. The molecule has 2 atom stereocenters. The van der Waals surface area contributed by atoms with Gasteiger partial charge in [-0.3, -0.25) is 4.18 Å². The number of benzene rings is 3. The maximum absolute atomic E-state index is 12.7. The number of nitrogen functional groups attached to an aromatic ring is 1. The summed E-state index contributed by atoms with van der Waals surface area (Å²) in [6.45, 7) is 2.39. The summed E-state index contributed by atoms with van der Waals surface area (Å²) in [6.07, 6.45) is 1.61. The number of hydrogen-bond acceptors (Lipinski definition) is 8. The molecule has 5 rings (SSSR count). The summed E-state index contributed by atoms with van der Waals surface area (Å²) < 4.78 is 48.7. The highest BCUT2D eigenvalue weighted by Crippen LogP contribution is 2.25. The third-order valence-electron chi connectivity index (χ3n) is 6.50. The van der Waals surface area contributed by atoms with Gasteiger partial charge in [-0.25, -0.2) is 4.98 Å². The number of aryl methyl sites for hydroxylation is 1. The lowest BCUT2D eigenvalue weighted by Gasteiger charge is -2.27. The van der Waals surface area contributed by atoms with Gasteiger partial charge >= 0.3 is 0 Å². The Labute approximate surface area is 228 Å². The van der Waals surface area contributed by atoms with Crippen LogP contribution >= 0.6 is 0 Å². The van der Waals surface area contributed by atoms with Crippen LogP contribution in [0.4, 0.5) is 5.69 Å². The molecule has 0 spiro atoms. The van der Waals surface area contributed by atoms with Gasteiger partial charge in [-0.05, 0) is 74.7 Å². The van der Waals surface area contributed by atoms with E-state index in [0.29, 0.717) is 18.0 Å². The van der Waals surface area contributed by atoms with E-state index in [-0.39, 0.29) is 18.1 Å². The molecule has 1 aliphatic rings.